The first kappa shape index (κ1) is 10.3. The summed E-state index contributed by atoms with van der Waals surface area (Å²) in [4.78, 5) is 11.4. The van der Waals surface area contributed by atoms with Gasteiger partial charge in [0.25, 0.3) is 0 Å². The van der Waals surface area contributed by atoms with Crippen molar-refractivity contribution in [3.8, 4) is 0 Å². The first-order valence-corrected chi connectivity index (χ1v) is 5.18. The highest BCUT2D eigenvalue weighted by Gasteiger charge is 2.16. The van der Waals surface area contributed by atoms with Crippen LogP contribution in [0.3, 0.4) is 0 Å². The van der Waals surface area contributed by atoms with E-state index in [9.17, 15) is 4.79 Å². The second-order valence-electron chi connectivity index (χ2n) is 3.42. The lowest BCUT2D eigenvalue weighted by Crippen LogP contribution is -2.16. The molecular weight excluding hydrogens is 164 g/mol. The van der Waals surface area contributed by atoms with Crippen molar-refractivity contribution in [1.29, 1.82) is 0 Å². The number of rotatable bonds is 2. The monoisotopic (exact) mass is 182 g/mol. The van der Waals surface area contributed by atoms with Crippen molar-refractivity contribution in [2.75, 3.05) is 6.61 Å². The Morgan fingerprint density at radius 2 is 2.31 bits per heavy atom. The Bertz CT molecular complexity index is 185. The fraction of sp³-hybridized carbons (Fsp3) is 0.727. The molecule has 0 aromatic carbocycles. The van der Waals surface area contributed by atoms with Crippen molar-refractivity contribution < 1.29 is 9.53 Å². The minimum absolute atomic E-state index is 0.0141. The van der Waals surface area contributed by atoms with Gasteiger partial charge in [-0.2, -0.15) is 0 Å². The molecule has 2 nitrogen and oxygen atoms in total. The molecule has 2 heteroatoms. The zero-order valence-electron chi connectivity index (χ0n) is 8.29. The third-order valence-electron chi connectivity index (χ3n) is 2.34. The molecule has 1 unspecified atom stereocenters. The van der Waals surface area contributed by atoms with Crippen LogP contribution in [0.25, 0.3) is 0 Å². The number of carbonyl (C=O) groups excluding carboxylic acids is 1. The molecule has 1 aliphatic rings. The van der Waals surface area contributed by atoms with Crippen LogP contribution in [0.2, 0.25) is 0 Å². The highest BCUT2D eigenvalue weighted by Crippen LogP contribution is 2.17. The predicted molar refractivity (Wildman–Crippen MR) is 52.3 cm³/mol. The molecule has 1 aliphatic carbocycles. The number of hydrogen-bond acceptors (Lipinski definition) is 2. The quantitative estimate of drug-likeness (QED) is 0.485. The van der Waals surface area contributed by atoms with Crippen molar-refractivity contribution in [2.24, 2.45) is 5.92 Å². The molecule has 74 valence electrons. The van der Waals surface area contributed by atoms with Gasteiger partial charge in [0.2, 0.25) is 0 Å². The van der Waals surface area contributed by atoms with E-state index in [4.69, 9.17) is 4.74 Å². The van der Waals surface area contributed by atoms with Crippen LogP contribution in [0.5, 0.6) is 0 Å². The van der Waals surface area contributed by atoms with Crippen molar-refractivity contribution in [3.63, 3.8) is 0 Å². The third kappa shape index (κ3) is 3.62. The Hall–Kier alpha value is -0.790. The van der Waals surface area contributed by atoms with Gasteiger partial charge in [0.1, 0.15) is 0 Å². The molecule has 0 saturated heterocycles. The summed E-state index contributed by atoms with van der Waals surface area (Å²) in [6.07, 6.45) is 9.82. The zero-order chi connectivity index (χ0) is 9.52. The first-order chi connectivity index (χ1) is 6.34. The molecule has 1 atom stereocenters. The van der Waals surface area contributed by atoms with Crippen LogP contribution in [0, 0.1) is 5.92 Å². The normalized spacial score (nSPS) is 23.3. The van der Waals surface area contributed by atoms with Crippen molar-refractivity contribution in [1.82, 2.24) is 0 Å². The Balaban J connectivity index is 2.44. The van der Waals surface area contributed by atoms with E-state index in [1.54, 1.807) is 0 Å². The van der Waals surface area contributed by atoms with E-state index < -0.39 is 0 Å². The minimum Gasteiger partial charge on any atom is -0.466 e. The minimum atomic E-state index is -0.0550. The highest BCUT2D eigenvalue weighted by atomic mass is 16.5. The van der Waals surface area contributed by atoms with Crippen LogP contribution in [-0.4, -0.2) is 12.6 Å². The van der Waals surface area contributed by atoms with Gasteiger partial charge in [0.05, 0.1) is 12.5 Å². The third-order valence-corrected chi connectivity index (χ3v) is 2.34. The van der Waals surface area contributed by atoms with E-state index in [0.29, 0.717) is 6.61 Å². The fourth-order valence-corrected chi connectivity index (χ4v) is 1.61. The van der Waals surface area contributed by atoms with E-state index >= 15 is 0 Å². The van der Waals surface area contributed by atoms with Crippen molar-refractivity contribution >= 4 is 5.97 Å². The fourth-order valence-electron chi connectivity index (χ4n) is 1.61. The number of hydrogen-bond donors (Lipinski definition) is 0. The molecule has 0 heterocycles. The SMILES string of the molecule is CCOC(=O)C1C=CCCCCC1. The summed E-state index contributed by atoms with van der Waals surface area (Å²) in [5, 5.41) is 0. The van der Waals surface area contributed by atoms with Crippen LogP contribution in [0.15, 0.2) is 12.2 Å². The molecule has 1 rings (SSSR count). The predicted octanol–water partition coefficient (Wildman–Crippen LogP) is 2.69. The van der Waals surface area contributed by atoms with E-state index in [0.717, 1.165) is 19.3 Å². The van der Waals surface area contributed by atoms with Crippen LogP contribution in [0.1, 0.15) is 39.0 Å². The Morgan fingerprint density at radius 3 is 3.08 bits per heavy atom. The topological polar surface area (TPSA) is 26.3 Å². The van der Waals surface area contributed by atoms with Gasteiger partial charge >= 0.3 is 5.97 Å². The average molecular weight is 182 g/mol. The molecular formula is C11H18O2. The second-order valence-corrected chi connectivity index (χ2v) is 3.42. The van der Waals surface area contributed by atoms with E-state index in [2.05, 4.69) is 6.08 Å². The van der Waals surface area contributed by atoms with Crippen molar-refractivity contribution in [2.45, 2.75) is 39.0 Å². The standard InChI is InChI=1S/C11H18O2/c1-2-13-11(12)10-8-6-4-3-5-7-9-10/h6,8,10H,2-5,7,9H2,1H3. The Morgan fingerprint density at radius 1 is 1.46 bits per heavy atom. The van der Waals surface area contributed by atoms with Crippen molar-refractivity contribution in [3.05, 3.63) is 12.2 Å². The van der Waals surface area contributed by atoms with Crippen LogP contribution < -0.4 is 0 Å². The molecule has 0 bridgehead atoms. The Labute approximate surface area is 80.0 Å². The lowest BCUT2D eigenvalue weighted by atomic mass is 9.97. The summed E-state index contributed by atoms with van der Waals surface area (Å²) >= 11 is 0. The van der Waals surface area contributed by atoms with Gasteiger partial charge in [-0.25, -0.2) is 0 Å². The van der Waals surface area contributed by atoms with E-state index in [1.165, 1.54) is 12.8 Å². The first-order valence-electron chi connectivity index (χ1n) is 5.18. The summed E-state index contributed by atoms with van der Waals surface area (Å²) < 4.78 is 4.99. The van der Waals surface area contributed by atoms with Crippen LogP contribution in [-0.2, 0) is 9.53 Å². The molecule has 0 aliphatic heterocycles. The molecule has 0 aromatic heterocycles. The zero-order valence-corrected chi connectivity index (χ0v) is 8.29. The van der Waals surface area contributed by atoms with Gasteiger partial charge in [0.15, 0.2) is 0 Å². The number of carbonyl (C=O) groups is 1. The molecule has 13 heavy (non-hydrogen) atoms. The molecule has 0 saturated carbocycles. The maximum atomic E-state index is 11.4. The van der Waals surface area contributed by atoms with Crippen LogP contribution in [0.4, 0.5) is 0 Å². The smallest absolute Gasteiger partial charge is 0.312 e. The van der Waals surface area contributed by atoms with Gasteiger partial charge in [-0.05, 0) is 26.2 Å². The lowest BCUT2D eigenvalue weighted by Gasteiger charge is -2.13. The van der Waals surface area contributed by atoms with Crippen LogP contribution >= 0.6 is 0 Å². The van der Waals surface area contributed by atoms with Gasteiger partial charge in [-0.3, -0.25) is 4.79 Å². The molecule has 0 fully saturated rings. The summed E-state index contributed by atoms with van der Waals surface area (Å²) in [6, 6.07) is 0. The molecule has 0 aromatic rings. The number of esters is 1. The second kappa shape index (κ2) is 5.79. The lowest BCUT2D eigenvalue weighted by molar-refractivity contribution is -0.146. The number of ether oxygens (including phenoxy) is 1. The van der Waals surface area contributed by atoms with Gasteiger partial charge in [-0.15, -0.1) is 0 Å². The van der Waals surface area contributed by atoms with Gasteiger partial charge in [-0.1, -0.05) is 25.0 Å². The summed E-state index contributed by atoms with van der Waals surface area (Å²) in [7, 11) is 0. The number of allylic oxidation sites excluding steroid dienone is 1. The highest BCUT2D eigenvalue weighted by molar-refractivity contribution is 5.74. The van der Waals surface area contributed by atoms with E-state index in [-0.39, 0.29) is 11.9 Å². The molecule has 0 N–H and O–H groups in total. The summed E-state index contributed by atoms with van der Waals surface area (Å²) in [5.41, 5.74) is 0. The molecule has 0 radical (unpaired) electrons. The van der Waals surface area contributed by atoms with E-state index in [1.807, 2.05) is 13.0 Å². The van der Waals surface area contributed by atoms with Gasteiger partial charge < -0.3 is 4.74 Å². The maximum absolute atomic E-state index is 11.4. The summed E-state index contributed by atoms with van der Waals surface area (Å²) in [6.45, 7) is 2.34. The molecule has 0 spiro atoms. The summed E-state index contributed by atoms with van der Waals surface area (Å²) in [5.74, 6) is -0.0408. The average Bonchev–Trinajstić information content (AvgIpc) is 2.03. The van der Waals surface area contributed by atoms with Gasteiger partial charge in [0, 0.05) is 0 Å². The maximum Gasteiger partial charge on any atom is 0.312 e. The molecule has 0 amide bonds. The largest absolute Gasteiger partial charge is 0.466 e. The Kier molecular flexibility index (Phi) is 4.58.